The summed E-state index contributed by atoms with van der Waals surface area (Å²) in [5.41, 5.74) is 4.59. The number of oxazole rings is 1. The van der Waals surface area contributed by atoms with Crippen molar-refractivity contribution in [2.75, 3.05) is 18.0 Å². The summed E-state index contributed by atoms with van der Waals surface area (Å²) in [5, 5.41) is 0. The number of nitrogens with zero attached hydrogens (tertiary/aromatic N) is 4. The van der Waals surface area contributed by atoms with E-state index in [2.05, 4.69) is 24.8 Å². The molecule has 1 aliphatic heterocycles. The normalized spacial score (nSPS) is 14.7. The number of hydrogen-bond donors (Lipinski definition) is 2. The summed E-state index contributed by atoms with van der Waals surface area (Å²) in [6, 6.07) is 10.8. The Morgan fingerprint density at radius 2 is 1.89 bits per heavy atom. The molecule has 0 amide bonds. The zero-order chi connectivity index (χ0) is 24.1. The van der Waals surface area contributed by atoms with Crippen LogP contribution < -0.4 is 16.3 Å². The number of rotatable bonds is 4. The van der Waals surface area contributed by atoms with Crippen molar-refractivity contribution in [1.82, 2.24) is 24.5 Å². The number of hydrogen-bond acceptors (Lipinski definition) is 7. The Hall–Kier alpha value is -4.47. The first kappa shape index (κ1) is 21.1. The van der Waals surface area contributed by atoms with Crippen LogP contribution in [0.3, 0.4) is 0 Å². The van der Waals surface area contributed by atoms with Gasteiger partial charge in [-0.15, -0.1) is 0 Å². The van der Waals surface area contributed by atoms with Gasteiger partial charge in [0.05, 0.1) is 11.0 Å². The molecule has 0 radical (unpaired) electrons. The Balaban J connectivity index is 1.23. The van der Waals surface area contributed by atoms with Crippen molar-refractivity contribution in [1.29, 1.82) is 0 Å². The molecule has 0 aliphatic carbocycles. The number of piperidine rings is 1. The van der Waals surface area contributed by atoms with E-state index in [1.54, 1.807) is 35.2 Å². The van der Waals surface area contributed by atoms with Gasteiger partial charge in [0, 0.05) is 42.8 Å². The van der Waals surface area contributed by atoms with Gasteiger partial charge in [-0.3, -0.25) is 24.3 Å². The summed E-state index contributed by atoms with van der Waals surface area (Å²) >= 11 is 0. The van der Waals surface area contributed by atoms with Crippen molar-refractivity contribution in [3.05, 3.63) is 86.6 Å². The molecule has 0 spiro atoms. The number of benzene rings is 1. The molecular weight excluding hydrogens is 448 g/mol. The highest BCUT2D eigenvalue weighted by atomic mass is 16.4. The molecular formula is C25H22N6O4. The second-order valence-corrected chi connectivity index (χ2v) is 8.80. The van der Waals surface area contributed by atoms with Crippen LogP contribution in [0.4, 0.5) is 5.69 Å². The van der Waals surface area contributed by atoms with E-state index >= 15 is 0 Å². The zero-order valence-corrected chi connectivity index (χ0v) is 18.9. The minimum absolute atomic E-state index is 0.0744. The van der Waals surface area contributed by atoms with E-state index in [1.807, 2.05) is 25.1 Å². The van der Waals surface area contributed by atoms with Crippen LogP contribution in [0.25, 0.3) is 22.3 Å². The molecule has 1 aromatic carbocycles. The molecule has 10 nitrogen and oxygen atoms in total. The molecule has 5 heterocycles. The maximum absolute atomic E-state index is 13.2. The molecule has 1 saturated heterocycles. The number of aromatic nitrogens is 5. The Morgan fingerprint density at radius 1 is 1.06 bits per heavy atom. The number of ketones is 1. The van der Waals surface area contributed by atoms with Crippen molar-refractivity contribution in [2.24, 2.45) is 0 Å². The maximum Gasteiger partial charge on any atom is 0.417 e. The molecule has 0 bridgehead atoms. The van der Waals surface area contributed by atoms with Crippen molar-refractivity contribution < 1.29 is 9.21 Å². The van der Waals surface area contributed by atoms with Gasteiger partial charge in [-0.2, -0.15) is 0 Å². The lowest BCUT2D eigenvalue weighted by molar-refractivity contribution is 0.103. The summed E-state index contributed by atoms with van der Waals surface area (Å²) in [6.45, 7) is 3.29. The van der Waals surface area contributed by atoms with E-state index in [4.69, 9.17) is 4.42 Å². The predicted molar refractivity (Wildman–Crippen MR) is 130 cm³/mol. The van der Waals surface area contributed by atoms with Crippen molar-refractivity contribution in [2.45, 2.75) is 25.8 Å². The van der Waals surface area contributed by atoms with Crippen LogP contribution in [0.1, 0.15) is 40.5 Å². The van der Waals surface area contributed by atoms with Crippen LogP contribution in [0, 0.1) is 6.92 Å². The van der Waals surface area contributed by atoms with E-state index in [-0.39, 0.29) is 17.5 Å². The van der Waals surface area contributed by atoms with E-state index in [0.29, 0.717) is 28.0 Å². The summed E-state index contributed by atoms with van der Waals surface area (Å²) in [4.78, 5) is 53.5. The lowest BCUT2D eigenvalue weighted by atomic mass is 10.0. The van der Waals surface area contributed by atoms with Gasteiger partial charge in [0.2, 0.25) is 5.78 Å². The first-order chi connectivity index (χ1) is 17.0. The molecule has 4 aromatic heterocycles. The fourth-order valence-corrected chi connectivity index (χ4v) is 4.95. The quantitative estimate of drug-likeness (QED) is 0.386. The third-order valence-electron chi connectivity index (χ3n) is 6.65. The molecule has 0 atom stereocenters. The number of fused-ring (bicyclic) bond motifs is 2. The topological polar surface area (TPSA) is 130 Å². The maximum atomic E-state index is 13.2. The van der Waals surface area contributed by atoms with Crippen molar-refractivity contribution in [3.8, 4) is 0 Å². The molecule has 35 heavy (non-hydrogen) atoms. The van der Waals surface area contributed by atoms with Crippen LogP contribution in [-0.2, 0) is 0 Å². The SMILES string of the molecule is Cc1cc(C(=O)c2cc(N3CCC(n4c(=O)[nH]c5ncccc54)CC3)ccn2)cc2oc(=O)[nH]c12. The number of H-pyrrole nitrogens is 2. The number of pyridine rings is 2. The number of imidazole rings is 1. The molecule has 176 valence electrons. The van der Waals surface area contributed by atoms with Crippen LogP contribution in [-0.4, -0.2) is 43.4 Å². The number of aryl methyl sites for hydroxylation is 1. The molecule has 6 rings (SSSR count). The molecule has 10 heteroatoms. The average molecular weight is 470 g/mol. The van der Waals surface area contributed by atoms with Crippen LogP contribution in [0.15, 0.2) is 62.8 Å². The Morgan fingerprint density at radius 3 is 2.71 bits per heavy atom. The van der Waals surface area contributed by atoms with Gasteiger partial charge in [-0.1, -0.05) is 0 Å². The number of carbonyl (C=O) groups is 1. The number of anilines is 1. The third kappa shape index (κ3) is 3.63. The smallest absolute Gasteiger partial charge is 0.408 e. The molecule has 2 N–H and O–H groups in total. The van der Waals surface area contributed by atoms with Crippen LogP contribution in [0.5, 0.6) is 0 Å². The lowest BCUT2D eigenvalue weighted by Crippen LogP contribution is -2.37. The number of carbonyl (C=O) groups excluding carboxylic acids is 1. The molecule has 1 fully saturated rings. The summed E-state index contributed by atoms with van der Waals surface area (Å²) in [5.74, 6) is -0.796. The molecule has 5 aromatic rings. The fraction of sp³-hybridized carbons (Fsp3) is 0.240. The van der Waals surface area contributed by atoms with E-state index < -0.39 is 5.76 Å². The van der Waals surface area contributed by atoms with Crippen LogP contribution in [0.2, 0.25) is 0 Å². The van der Waals surface area contributed by atoms with E-state index in [0.717, 1.165) is 42.7 Å². The second-order valence-electron chi connectivity index (χ2n) is 8.80. The van der Waals surface area contributed by atoms with Gasteiger partial charge in [0.15, 0.2) is 11.2 Å². The van der Waals surface area contributed by atoms with E-state index in [9.17, 15) is 14.4 Å². The first-order valence-electron chi connectivity index (χ1n) is 11.4. The Kier molecular flexibility index (Phi) is 4.87. The molecule has 0 saturated carbocycles. The lowest BCUT2D eigenvalue weighted by Gasteiger charge is -2.34. The standard InChI is InChI=1S/C25H22N6O4/c1-14-11-15(12-20-21(14)28-25(34)35-20)22(32)18-13-17(4-8-26-18)30-9-5-16(6-10-30)31-19-3-2-7-27-23(19)29-24(31)33/h2-4,7-8,11-13,16H,5-6,9-10H2,1H3,(H,28,34)(H,27,29,33). The summed E-state index contributed by atoms with van der Waals surface area (Å²) in [7, 11) is 0. The highest BCUT2D eigenvalue weighted by Gasteiger charge is 2.25. The number of nitrogens with one attached hydrogen (secondary N) is 2. The predicted octanol–water partition coefficient (Wildman–Crippen LogP) is 2.94. The third-order valence-corrected chi connectivity index (χ3v) is 6.65. The van der Waals surface area contributed by atoms with Gasteiger partial charge in [0.25, 0.3) is 0 Å². The molecule has 0 unspecified atom stereocenters. The van der Waals surface area contributed by atoms with E-state index in [1.165, 1.54) is 0 Å². The van der Waals surface area contributed by atoms with Gasteiger partial charge in [-0.05, 0) is 61.7 Å². The van der Waals surface area contributed by atoms with Crippen molar-refractivity contribution >= 4 is 33.7 Å². The Bertz CT molecular complexity index is 1700. The minimum atomic E-state index is -0.553. The molecule has 1 aliphatic rings. The van der Waals surface area contributed by atoms with Gasteiger partial charge in [-0.25, -0.2) is 14.6 Å². The average Bonchev–Trinajstić information content (AvgIpc) is 3.42. The minimum Gasteiger partial charge on any atom is -0.408 e. The zero-order valence-electron chi connectivity index (χ0n) is 18.9. The fourth-order valence-electron chi connectivity index (χ4n) is 4.95. The second kappa shape index (κ2) is 8.08. The summed E-state index contributed by atoms with van der Waals surface area (Å²) in [6.07, 6.45) is 4.87. The van der Waals surface area contributed by atoms with Crippen molar-refractivity contribution in [3.63, 3.8) is 0 Å². The largest absolute Gasteiger partial charge is 0.417 e. The Labute approximate surface area is 198 Å². The van der Waals surface area contributed by atoms with Crippen LogP contribution >= 0.6 is 0 Å². The highest BCUT2D eigenvalue weighted by Crippen LogP contribution is 2.28. The van der Waals surface area contributed by atoms with Gasteiger partial charge in [0.1, 0.15) is 5.69 Å². The highest BCUT2D eigenvalue weighted by molar-refractivity contribution is 6.09. The summed E-state index contributed by atoms with van der Waals surface area (Å²) < 4.78 is 6.95. The van der Waals surface area contributed by atoms with Gasteiger partial charge < -0.3 is 9.32 Å². The first-order valence-corrected chi connectivity index (χ1v) is 11.4. The van der Waals surface area contributed by atoms with Gasteiger partial charge >= 0.3 is 11.4 Å². The number of aromatic amines is 2. The monoisotopic (exact) mass is 470 g/mol.